The molecule has 0 unspecified atom stereocenters. The van der Waals surface area contributed by atoms with Crippen LogP contribution in [0.4, 0.5) is 4.79 Å². The molecule has 2 heterocycles. The third kappa shape index (κ3) is 2.91. The van der Waals surface area contributed by atoms with E-state index in [2.05, 4.69) is 4.98 Å². The predicted molar refractivity (Wildman–Crippen MR) is 95.3 cm³/mol. The van der Waals surface area contributed by atoms with Crippen LogP contribution in [-0.2, 0) is 9.84 Å². The van der Waals surface area contributed by atoms with Gasteiger partial charge < -0.3 is 4.90 Å². The lowest BCUT2D eigenvalue weighted by Gasteiger charge is -2.21. The maximum atomic E-state index is 13.1. The van der Waals surface area contributed by atoms with E-state index in [0.29, 0.717) is 24.0 Å². The number of sulfone groups is 1. The monoisotopic (exact) mass is 357 g/mol. The van der Waals surface area contributed by atoms with Gasteiger partial charge in [-0.1, -0.05) is 18.2 Å². The Bertz CT molecular complexity index is 1010. The average molecular weight is 357 g/mol. The number of rotatable bonds is 4. The van der Waals surface area contributed by atoms with Gasteiger partial charge in [-0.25, -0.2) is 13.2 Å². The molecule has 3 aromatic rings. The van der Waals surface area contributed by atoms with Crippen LogP contribution < -0.4 is 0 Å². The first-order valence-electron chi connectivity index (χ1n) is 8.05. The quantitative estimate of drug-likeness (QED) is 0.719. The summed E-state index contributed by atoms with van der Waals surface area (Å²) in [6.45, 7) is 4.70. The van der Waals surface area contributed by atoms with Crippen molar-refractivity contribution in [3.05, 3.63) is 54.9 Å². The third-order valence-electron chi connectivity index (χ3n) is 4.12. The summed E-state index contributed by atoms with van der Waals surface area (Å²) in [4.78, 5) is 18.8. The van der Waals surface area contributed by atoms with Crippen LogP contribution in [-0.4, -0.2) is 42.0 Å². The van der Waals surface area contributed by atoms with Gasteiger partial charge in [0.05, 0.1) is 10.4 Å². The molecule has 25 heavy (non-hydrogen) atoms. The zero-order valence-corrected chi connectivity index (χ0v) is 14.9. The van der Waals surface area contributed by atoms with Gasteiger partial charge in [-0.05, 0) is 38.1 Å². The average Bonchev–Trinajstić information content (AvgIpc) is 3.03. The van der Waals surface area contributed by atoms with E-state index in [0.717, 1.165) is 0 Å². The molecule has 130 valence electrons. The van der Waals surface area contributed by atoms with Crippen LogP contribution in [0.3, 0.4) is 0 Å². The Morgan fingerprint density at radius 1 is 1.12 bits per heavy atom. The highest BCUT2D eigenvalue weighted by atomic mass is 32.2. The molecular formula is C18H19N3O3S. The zero-order valence-electron chi connectivity index (χ0n) is 14.1. The normalized spacial score (nSPS) is 11.6. The summed E-state index contributed by atoms with van der Waals surface area (Å²) in [5.41, 5.74) is 0.529. The van der Waals surface area contributed by atoms with Gasteiger partial charge in [-0.2, -0.15) is 0 Å². The van der Waals surface area contributed by atoms with Crippen LogP contribution in [0.15, 0.2) is 64.8 Å². The van der Waals surface area contributed by atoms with Gasteiger partial charge in [0.1, 0.15) is 5.03 Å². The fraction of sp³-hybridized carbons (Fsp3) is 0.222. The van der Waals surface area contributed by atoms with Gasteiger partial charge in [0.2, 0.25) is 9.84 Å². The lowest BCUT2D eigenvalue weighted by atomic mass is 10.3. The summed E-state index contributed by atoms with van der Waals surface area (Å²) in [5.74, 6) is 0. The Balaban J connectivity index is 2.29. The summed E-state index contributed by atoms with van der Waals surface area (Å²) >= 11 is 0. The largest absolute Gasteiger partial charge is 0.329 e. The molecule has 0 aliphatic rings. The molecule has 2 aromatic heterocycles. The molecule has 6 nitrogen and oxygen atoms in total. The fourth-order valence-electron chi connectivity index (χ4n) is 2.78. The van der Waals surface area contributed by atoms with E-state index in [-0.39, 0.29) is 16.0 Å². The van der Waals surface area contributed by atoms with Crippen molar-refractivity contribution in [2.24, 2.45) is 0 Å². The van der Waals surface area contributed by atoms with Gasteiger partial charge in [-0.15, -0.1) is 0 Å². The van der Waals surface area contributed by atoms with Crippen molar-refractivity contribution < 1.29 is 13.2 Å². The predicted octanol–water partition coefficient (Wildman–Crippen LogP) is 3.18. The topological polar surface area (TPSA) is 72.3 Å². The summed E-state index contributed by atoms with van der Waals surface area (Å²) in [5, 5.41) is 0.566. The molecule has 7 heteroatoms. The molecular weight excluding hydrogens is 338 g/mol. The first-order valence-corrected chi connectivity index (χ1v) is 9.54. The number of fused-ring (bicyclic) bond motifs is 1. The van der Waals surface area contributed by atoms with E-state index < -0.39 is 9.84 Å². The molecule has 0 atom stereocenters. The molecule has 0 fully saturated rings. The number of hydrogen-bond acceptors (Lipinski definition) is 4. The van der Waals surface area contributed by atoms with E-state index >= 15 is 0 Å². The maximum absolute atomic E-state index is 13.1. The maximum Gasteiger partial charge on any atom is 0.329 e. The summed E-state index contributed by atoms with van der Waals surface area (Å²) in [7, 11) is -3.84. The molecule has 0 saturated heterocycles. The van der Waals surface area contributed by atoms with E-state index in [1.165, 1.54) is 22.8 Å². The number of carbonyl (C=O) groups excluding carboxylic acids is 1. The van der Waals surface area contributed by atoms with Crippen LogP contribution in [0.2, 0.25) is 0 Å². The molecule has 0 saturated carbocycles. The van der Waals surface area contributed by atoms with Crippen LogP contribution in [0.1, 0.15) is 13.8 Å². The summed E-state index contributed by atoms with van der Waals surface area (Å²) in [6.07, 6.45) is 3.11. The van der Waals surface area contributed by atoms with Crippen molar-refractivity contribution >= 4 is 26.8 Å². The smallest absolute Gasteiger partial charge is 0.325 e. The highest BCUT2D eigenvalue weighted by Gasteiger charge is 2.28. The molecule has 0 aliphatic carbocycles. The van der Waals surface area contributed by atoms with Gasteiger partial charge >= 0.3 is 6.03 Å². The molecule has 0 radical (unpaired) electrons. The molecule has 1 aromatic carbocycles. The molecule has 0 bridgehead atoms. The van der Waals surface area contributed by atoms with E-state index in [1.807, 2.05) is 13.8 Å². The summed E-state index contributed by atoms with van der Waals surface area (Å²) < 4.78 is 27.5. The van der Waals surface area contributed by atoms with E-state index in [1.54, 1.807) is 41.6 Å². The number of nitrogens with zero attached hydrogens (tertiary/aromatic N) is 3. The Labute approximate surface area is 146 Å². The molecule has 1 amide bonds. The Morgan fingerprint density at radius 3 is 2.44 bits per heavy atom. The van der Waals surface area contributed by atoms with Crippen LogP contribution in [0.5, 0.6) is 0 Å². The lowest BCUT2D eigenvalue weighted by Crippen LogP contribution is -2.35. The molecule has 3 rings (SSSR count). The van der Waals surface area contributed by atoms with Crippen molar-refractivity contribution in [1.82, 2.24) is 14.5 Å². The second-order valence-electron chi connectivity index (χ2n) is 5.52. The first kappa shape index (κ1) is 17.2. The fourth-order valence-corrected chi connectivity index (χ4v) is 4.24. The standard InChI is InChI=1S/C18H19N3O3S/c1-3-20(4-2)18(22)21-16-10-11-19-13-14(16)12-17(21)25(23,24)15-8-6-5-7-9-15/h5-13H,3-4H2,1-2H3. The van der Waals surface area contributed by atoms with Crippen molar-refractivity contribution in [1.29, 1.82) is 0 Å². The minimum absolute atomic E-state index is 0.0430. The number of benzene rings is 1. The number of pyridine rings is 1. The van der Waals surface area contributed by atoms with E-state index in [4.69, 9.17) is 0 Å². The highest BCUT2D eigenvalue weighted by molar-refractivity contribution is 7.91. The number of aromatic nitrogens is 2. The third-order valence-corrected chi connectivity index (χ3v) is 5.87. The van der Waals surface area contributed by atoms with Crippen LogP contribution >= 0.6 is 0 Å². The van der Waals surface area contributed by atoms with E-state index in [9.17, 15) is 13.2 Å². The Morgan fingerprint density at radius 2 is 1.80 bits per heavy atom. The second kappa shape index (κ2) is 6.68. The highest BCUT2D eigenvalue weighted by Crippen LogP contribution is 2.28. The van der Waals surface area contributed by atoms with Crippen LogP contribution in [0.25, 0.3) is 10.9 Å². The van der Waals surface area contributed by atoms with Crippen molar-refractivity contribution in [2.75, 3.05) is 13.1 Å². The minimum atomic E-state index is -3.84. The van der Waals surface area contributed by atoms with Crippen molar-refractivity contribution in [3.63, 3.8) is 0 Å². The second-order valence-corrected chi connectivity index (χ2v) is 7.42. The van der Waals surface area contributed by atoms with Gasteiger partial charge in [0.25, 0.3) is 0 Å². The summed E-state index contributed by atoms with van der Waals surface area (Å²) in [6, 6.07) is 10.9. The minimum Gasteiger partial charge on any atom is -0.325 e. The molecule has 0 spiro atoms. The Kier molecular flexibility index (Phi) is 4.59. The van der Waals surface area contributed by atoms with Crippen LogP contribution in [0, 0.1) is 0 Å². The van der Waals surface area contributed by atoms with Gasteiger partial charge in [0, 0.05) is 30.9 Å². The number of amides is 1. The van der Waals surface area contributed by atoms with Crippen molar-refractivity contribution in [3.8, 4) is 0 Å². The number of carbonyl (C=O) groups is 1. The first-order chi connectivity index (χ1) is 12.0. The number of hydrogen-bond donors (Lipinski definition) is 0. The van der Waals surface area contributed by atoms with Crippen molar-refractivity contribution in [2.45, 2.75) is 23.8 Å². The SMILES string of the molecule is CCN(CC)C(=O)n1c(S(=O)(=O)c2ccccc2)cc2cnccc21. The Hall–Kier alpha value is -2.67. The lowest BCUT2D eigenvalue weighted by molar-refractivity contribution is 0.204. The molecule has 0 aliphatic heterocycles. The molecule has 0 N–H and O–H groups in total. The zero-order chi connectivity index (χ0) is 18.0. The van der Waals surface area contributed by atoms with Gasteiger partial charge in [-0.3, -0.25) is 9.55 Å². The van der Waals surface area contributed by atoms with Gasteiger partial charge in [0.15, 0.2) is 0 Å².